The fraction of sp³-hybridized carbons (Fsp3) is 0.0149. The zero-order chi connectivity index (χ0) is 50.5. The van der Waals surface area contributed by atoms with Crippen LogP contribution in [0.1, 0.15) is 9.68 Å². The second kappa shape index (κ2) is 19.4. The van der Waals surface area contributed by atoms with Crippen LogP contribution in [0.4, 0.5) is 22.7 Å². The Morgan fingerprint density at radius 3 is 1.63 bits per heavy atom. The van der Waals surface area contributed by atoms with Gasteiger partial charge in [0.15, 0.2) is 0 Å². The summed E-state index contributed by atoms with van der Waals surface area (Å²) >= 11 is 0. The average molecular weight is 1120 g/mol. The van der Waals surface area contributed by atoms with Crippen molar-refractivity contribution in [2.75, 3.05) is 9.80 Å². The zero-order valence-corrected chi connectivity index (χ0v) is 41.5. The van der Waals surface area contributed by atoms with Crippen molar-refractivity contribution in [1.29, 1.82) is 0 Å². The number of benzene rings is 10. The van der Waals surface area contributed by atoms with E-state index in [1.807, 2.05) is 102 Å². The van der Waals surface area contributed by atoms with E-state index in [1.54, 1.807) is 12.3 Å². The molecule has 6 heteroatoms. The van der Waals surface area contributed by atoms with E-state index in [2.05, 4.69) is 168 Å². The van der Waals surface area contributed by atoms with Crippen LogP contribution >= 0.6 is 0 Å². The van der Waals surface area contributed by atoms with Crippen molar-refractivity contribution in [2.45, 2.75) is 6.85 Å². The maximum Gasteiger partial charge on any atom is 0.135 e. The molecule has 0 aliphatic carbocycles. The molecule has 0 unspecified atom stereocenters. The van der Waals surface area contributed by atoms with Gasteiger partial charge in [0.2, 0.25) is 0 Å². The van der Waals surface area contributed by atoms with Crippen molar-refractivity contribution in [2.24, 2.45) is 0 Å². The number of para-hydroxylation sites is 3. The Morgan fingerprint density at radius 2 is 1.01 bits per heavy atom. The summed E-state index contributed by atoms with van der Waals surface area (Å²) < 4.78 is 35.3. The molecule has 2 aromatic heterocycles. The maximum atomic E-state index is 8.74. The van der Waals surface area contributed by atoms with E-state index in [4.69, 9.17) is 13.8 Å². The number of anilines is 4. The molecule has 10 aromatic carbocycles. The summed E-state index contributed by atoms with van der Waals surface area (Å²) in [7, 11) is 0. The molecule has 0 N–H and O–H groups in total. The van der Waals surface area contributed by atoms with E-state index in [1.165, 1.54) is 0 Å². The van der Waals surface area contributed by atoms with Crippen LogP contribution in [0.3, 0.4) is 0 Å². The minimum Gasteiger partial charge on any atom is -0.509 e. The number of aromatic nitrogens is 2. The number of ether oxygens (including phenoxy) is 1. The Labute approximate surface area is 444 Å². The Hall–Kier alpha value is -8.76. The predicted molar refractivity (Wildman–Crippen MR) is 296 cm³/mol. The second-order valence-corrected chi connectivity index (χ2v) is 17.8. The van der Waals surface area contributed by atoms with Crippen molar-refractivity contribution in [1.82, 2.24) is 9.55 Å². The quantitative estimate of drug-likeness (QED) is 0.128. The van der Waals surface area contributed by atoms with E-state index >= 15 is 0 Å². The molecule has 3 heterocycles. The molecule has 0 saturated heterocycles. The summed E-state index contributed by atoms with van der Waals surface area (Å²) in [5.41, 5.74) is 15.3. The van der Waals surface area contributed by atoms with E-state index in [0.717, 1.165) is 89.1 Å². The van der Waals surface area contributed by atoms with E-state index in [9.17, 15) is 0 Å². The van der Waals surface area contributed by atoms with Crippen LogP contribution in [-0.2, 0) is 21.1 Å². The molecule has 73 heavy (non-hydrogen) atoms. The van der Waals surface area contributed by atoms with Gasteiger partial charge in [-0.25, -0.2) is 4.98 Å². The van der Waals surface area contributed by atoms with E-state index in [0.29, 0.717) is 28.4 Å². The molecule has 1 aliphatic rings. The molecule has 5 nitrogen and oxygen atoms in total. The Balaban J connectivity index is 0.00000582. The standard InChI is InChI=1S/C67H45N4O.Pt/c1-46-39-66(68-44-60(46)51-29-15-6-16-30-51)71-61-38-37-52(47-21-7-2-8-22-47)40-58(61)59-42-57(50-27-13-5-14-28-50)65(43-64(59)71)72-54-32-19-31-53(41-54)69-45-70(63-36-18-17-35-62(63)69)67-55(48-23-9-3-10-24-48)33-20-34-56(67)49-25-11-4-12-26-49;/h2-40,42,44-45H,1H3;/q-3;/i1D3;. The number of fused-ring (bicyclic) bond motifs is 4. The van der Waals surface area contributed by atoms with Crippen molar-refractivity contribution >= 4 is 44.6 Å². The van der Waals surface area contributed by atoms with E-state index < -0.39 is 6.85 Å². The second-order valence-electron chi connectivity index (χ2n) is 17.8. The van der Waals surface area contributed by atoms with Crippen LogP contribution in [0, 0.1) is 25.7 Å². The van der Waals surface area contributed by atoms with Gasteiger partial charge in [-0.3, -0.25) is 0 Å². The largest absolute Gasteiger partial charge is 0.509 e. The van der Waals surface area contributed by atoms with Crippen LogP contribution in [0.25, 0.3) is 83.3 Å². The van der Waals surface area contributed by atoms with Gasteiger partial charge in [0, 0.05) is 82.1 Å². The fourth-order valence-electron chi connectivity index (χ4n) is 10.1. The smallest absolute Gasteiger partial charge is 0.135 e. The number of rotatable bonds is 10. The summed E-state index contributed by atoms with van der Waals surface area (Å²) in [5, 5.41) is 1.87. The van der Waals surface area contributed by atoms with Crippen molar-refractivity contribution in [3.05, 3.63) is 273 Å². The first-order chi connectivity index (χ1) is 36.8. The number of aryl methyl sites for hydroxylation is 1. The van der Waals surface area contributed by atoms with Gasteiger partial charge in [-0.15, -0.1) is 42.0 Å². The molecule has 0 bridgehead atoms. The molecule has 12 aromatic rings. The maximum absolute atomic E-state index is 8.74. The van der Waals surface area contributed by atoms with Gasteiger partial charge in [-0.2, -0.15) is 12.1 Å². The molecule has 1 aliphatic heterocycles. The van der Waals surface area contributed by atoms with Crippen LogP contribution in [0.5, 0.6) is 11.5 Å². The van der Waals surface area contributed by atoms with Crippen molar-refractivity contribution in [3.63, 3.8) is 0 Å². The molecular weight excluding hydrogens is 1070 g/mol. The van der Waals surface area contributed by atoms with Crippen LogP contribution in [0.2, 0.25) is 0 Å². The topological polar surface area (TPSA) is 33.5 Å². The van der Waals surface area contributed by atoms with E-state index in [-0.39, 0.29) is 26.6 Å². The summed E-state index contributed by atoms with van der Waals surface area (Å²) in [6.45, 7) is -0.283. The van der Waals surface area contributed by atoms with Gasteiger partial charge in [-0.05, 0) is 69.9 Å². The first-order valence-corrected chi connectivity index (χ1v) is 24.0. The third-order valence-corrected chi connectivity index (χ3v) is 13.5. The number of hydrogen-bond acceptors (Lipinski definition) is 4. The van der Waals surface area contributed by atoms with Gasteiger partial charge in [0.1, 0.15) is 5.82 Å². The van der Waals surface area contributed by atoms with Gasteiger partial charge in [0.25, 0.3) is 0 Å². The number of hydrogen-bond donors (Lipinski definition) is 0. The molecular formula is C67H45N4OPt-3. The SMILES string of the molecule is [2H]C([2H])([2H])c1cc(-n2c3[c-]c(Oc4[c-]c(N5[CH-]N(c6c(-c7ccccc7)cccc6-c6ccccc6)c6ccccc65)ccc4)c(-c4ccccc4)cc3c3cc(-c4ccccc4)ccc32)ncc1-c1ccccc1.[Pt]. The van der Waals surface area contributed by atoms with Gasteiger partial charge < -0.3 is 19.1 Å². The van der Waals surface area contributed by atoms with Gasteiger partial charge in [-0.1, -0.05) is 211 Å². The first-order valence-electron chi connectivity index (χ1n) is 25.5. The molecule has 0 atom stereocenters. The molecule has 0 saturated carbocycles. The summed E-state index contributed by atoms with van der Waals surface area (Å²) in [5.74, 6) is 1.42. The van der Waals surface area contributed by atoms with Gasteiger partial charge >= 0.3 is 0 Å². The normalized spacial score (nSPS) is 12.7. The molecule has 0 fully saturated rings. The average Bonchev–Trinajstić information content (AvgIpc) is 4.14. The zero-order valence-electron chi connectivity index (χ0n) is 42.3. The third kappa shape index (κ3) is 8.38. The summed E-state index contributed by atoms with van der Waals surface area (Å²) in [6, 6.07) is 89.7. The minimum absolute atomic E-state index is 0. The first kappa shape index (κ1) is 42.0. The van der Waals surface area contributed by atoms with Crippen LogP contribution in [-0.4, -0.2) is 9.55 Å². The number of pyridine rings is 1. The molecule has 0 spiro atoms. The van der Waals surface area contributed by atoms with Crippen molar-refractivity contribution in [3.8, 4) is 73.0 Å². The molecule has 0 amide bonds. The van der Waals surface area contributed by atoms with Crippen LogP contribution < -0.4 is 14.5 Å². The summed E-state index contributed by atoms with van der Waals surface area (Å²) in [4.78, 5) is 9.48. The predicted octanol–water partition coefficient (Wildman–Crippen LogP) is 17.6. The van der Waals surface area contributed by atoms with Crippen LogP contribution in [0.15, 0.2) is 249 Å². The van der Waals surface area contributed by atoms with Crippen molar-refractivity contribution < 1.29 is 29.9 Å². The summed E-state index contributed by atoms with van der Waals surface area (Å²) in [6.07, 6.45) is 1.68. The Bertz CT molecular complexity index is 4000. The third-order valence-electron chi connectivity index (χ3n) is 13.5. The molecule has 0 radical (unpaired) electrons. The fourth-order valence-corrected chi connectivity index (χ4v) is 10.1. The minimum atomic E-state index is -2.43. The van der Waals surface area contributed by atoms with Gasteiger partial charge in [0.05, 0.1) is 0 Å². The molecule has 352 valence electrons. The molecule has 13 rings (SSSR count). The monoisotopic (exact) mass is 1120 g/mol. The Kier molecular flexibility index (Phi) is 11.2. The Morgan fingerprint density at radius 1 is 0.466 bits per heavy atom. The number of nitrogens with zero attached hydrogens (tertiary/aromatic N) is 4.